The van der Waals surface area contributed by atoms with E-state index in [2.05, 4.69) is 20.9 Å². The summed E-state index contributed by atoms with van der Waals surface area (Å²) in [7, 11) is -1.31. The molecule has 1 aromatic carbocycles. The topological polar surface area (TPSA) is 99.7 Å². The van der Waals surface area contributed by atoms with Crippen LogP contribution in [-0.2, 0) is 16.4 Å². The maximum atomic E-state index is 12.0. The molecule has 0 spiro atoms. The van der Waals surface area contributed by atoms with Gasteiger partial charge in [-0.3, -0.25) is 9.79 Å². The number of sulfone groups is 1. The monoisotopic (exact) mass is 382 g/mol. The Hall–Kier alpha value is -2.09. The van der Waals surface area contributed by atoms with Crippen molar-refractivity contribution in [2.24, 2.45) is 4.99 Å². The molecule has 0 aliphatic rings. The Morgan fingerprint density at radius 3 is 2.62 bits per heavy atom. The number of rotatable bonds is 9. The summed E-state index contributed by atoms with van der Waals surface area (Å²) in [5.74, 6) is 0.644. The average Bonchev–Trinajstić information content (AvgIpc) is 2.61. The van der Waals surface area contributed by atoms with Crippen molar-refractivity contribution in [3.8, 4) is 0 Å². The first-order valence-corrected chi connectivity index (χ1v) is 10.8. The van der Waals surface area contributed by atoms with Crippen LogP contribution in [-0.4, -0.2) is 51.9 Å². The molecular weight excluding hydrogens is 352 g/mol. The molecule has 3 N–H and O–H groups in total. The summed E-state index contributed by atoms with van der Waals surface area (Å²) in [5.41, 5.74) is 1.59. The van der Waals surface area contributed by atoms with Crippen molar-refractivity contribution in [3.63, 3.8) is 0 Å². The van der Waals surface area contributed by atoms with E-state index in [1.807, 2.05) is 32.0 Å². The van der Waals surface area contributed by atoms with Crippen LogP contribution in [0.2, 0.25) is 0 Å². The molecule has 0 saturated carbocycles. The van der Waals surface area contributed by atoms with E-state index in [9.17, 15) is 13.2 Å². The van der Waals surface area contributed by atoms with E-state index in [0.717, 1.165) is 12.0 Å². The van der Waals surface area contributed by atoms with Gasteiger partial charge in [-0.15, -0.1) is 0 Å². The van der Waals surface area contributed by atoms with Gasteiger partial charge in [-0.05, 0) is 37.5 Å². The van der Waals surface area contributed by atoms with Gasteiger partial charge in [0.1, 0.15) is 9.84 Å². The summed E-state index contributed by atoms with van der Waals surface area (Å²) >= 11 is 0. The van der Waals surface area contributed by atoms with Crippen LogP contribution in [0.15, 0.2) is 29.3 Å². The van der Waals surface area contributed by atoms with E-state index < -0.39 is 9.84 Å². The summed E-state index contributed by atoms with van der Waals surface area (Å²) in [6.45, 7) is 5.09. The van der Waals surface area contributed by atoms with Gasteiger partial charge in [0.25, 0.3) is 5.91 Å². The number of carbonyl (C=O) groups excluding carboxylic acids is 1. The molecule has 8 heteroatoms. The second kappa shape index (κ2) is 10.8. The molecule has 0 aliphatic carbocycles. The molecule has 0 saturated heterocycles. The minimum Gasteiger partial charge on any atom is -0.354 e. The van der Waals surface area contributed by atoms with Gasteiger partial charge in [0.05, 0.1) is 5.75 Å². The Morgan fingerprint density at radius 1 is 1.27 bits per heavy atom. The third-order valence-electron chi connectivity index (χ3n) is 3.71. The summed E-state index contributed by atoms with van der Waals surface area (Å²) in [5, 5.41) is 9.21. The molecule has 26 heavy (non-hydrogen) atoms. The highest BCUT2D eigenvalue weighted by Gasteiger charge is 2.10. The Labute approximate surface area is 156 Å². The molecule has 0 bridgehead atoms. The number of benzene rings is 1. The number of amides is 1. The fraction of sp³-hybridized carbons (Fsp3) is 0.556. The van der Waals surface area contributed by atoms with Gasteiger partial charge < -0.3 is 16.0 Å². The van der Waals surface area contributed by atoms with E-state index in [1.165, 1.54) is 6.26 Å². The van der Waals surface area contributed by atoms with Crippen molar-refractivity contribution < 1.29 is 13.2 Å². The van der Waals surface area contributed by atoms with Crippen LogP contribution in [0.4, 0.5) is 0 Å². The lowest BCUT2D eigenvalue weighted by Crippen LogP contribution is -2.42. The maximum Gasteiger partial charge on any atom is 0.251 e. The SMILES string of the molecule is CCCNC(=O)c1cccc(CNC(=NC)NC(C)CCS(C)(=O)=O)c1. The zero-order chi connectivity index (χ0) is 19.6. The number of aliphatic imine (C=N–C) groups is 1. The van der Waals surface area contributed by atoms with Gasteiger partial charge in [0, 0.05) is 38.0 Å². The predicted octanol–water partition coefficient (Wildman–Crippen LogP) is 1.31. The van der Waals surface area contributed by atoms with E-state index in [-0.39, 0.29) is 17.7 Å². The maximum absolute atomic E-state index is 12.0. The quantitative estimate of drug-likeness (QED) is 0.442. The van der Waals surface area contributed by atoms with Crippen molar-refractivity contribution in [1.29, 1.82) is 0 Å². The van der Waals surface area contributed by atoms with Crippen molar-refractivity contribution in [2.75, 3.05) is 25.6 Å². The molecule has 1 atom stereocenters. The first-order valence-electron chi connectivity index (χ1n) is 8.77. The number of nitrogens with one attached hydrogen (secondary N) is 3. The molecule has 0 fully saturated rings. The van der Waals surface area contributed by atoms with Crippen molar-refractivity contribution >= 4 is 21.7 Å². The van der Waals surface area contributed by atoms with Crippen molar-refractivity contribution in [3.05, 3.63) is 35.4 Å². The number of hydrogen-bond donors (Lipinski definition) is 3. The molecule has 0 aromatic heterocycles. The zero-order valence-corrected chi connectivity index (χ0v) is 16.8. The highest BCUT2D eigenvalue weighted by atomic mass is 32.2. The molecule has 1 rings (SSSR count). The van der Waals surface area contributed by atoms with E-state index in [4.69, 9.17) is 0 Å². The Kier molecular flexibility index (Phi) is 9.12. The van der Waals surface area contributed by atoms with Gasteiger partial charge in [-0.25, -0.2) is 8.42 Å². The molecule has 1 amide bonds. The number of nitrogens with zero attached hydrogens (tertiary/aromatic N) is 1. The third kappa shape index (κ3) is 8.84. The molecule has 1 unspecified atom stereocenters. The van der Waals surface area contributed by atoms with Crippen LogP contribution in [0.25, 0.3) is 0 Å². The smallest absolute Gasteiger partial charge is 0.251 e. The van der Waals surface area contributed by atoms with Gasteiger partial charge in [0.2, 0.25) is 0 Å². The fourth-order valence-corrected chi connectivity index (χ4v) is 3.02. The minimum absolute atomic E-state index is 0.0259. The van der Waals surface area contributed by atoms with Crippen LogP contribution in [0.5, 0.6) is 0 Å². The van der Waals surface area contributed by atoms with Crippen LogP contribution in [0, 0.1) is 0 Å². The zero-order valence-electron chi connectivity index (χ0n) is 16.0. The number of guanidine groups is 1. The summed E-state index contributed by atoms with van der Waals surface area (Å²) in [6.07, 6.45) is 2.63. The summed E-state index contributed by atoms with van der Waals surface area (Å²) in [6, 6.07) is 7.39. The van der Waals surface area contributed by atoms with Gasteiger partial charge >= 0.3 is 0 Å². The fourth-order valence-electron chi connectivity index (χ4n) is 2.24. The van der Waals surface area contributed by atoms with Gasteiger partial charge in [-0.2, -0.15) is 0 Å². The lowest BCUT2D eigenvalue weighted by Gasteiger charge is -2.17. The molecule has 0 heterocycles. The molecule has 0 aliphatic heterocycles. The highest BCUT2D eigenvalue weighted by molar-refractivity contribution is 7.90. The Balaban J connectivity index is 2.57. The van der Waals surface area contributed by atoms with E-state index in [1.54, 1.807) is 13.1 Å². The number of carbonyl (C=O) groups is 1. The molecule has 7 nitrogen and oxygen atoms in total. The van der Waals surface area contributed by atoms with Crippen LogP contribution in [0.1, 0.15) is 42.6 Å². The third-order valence-corrected chi connectivity index (χ3v) is 4.69. The van der Waals surface area contributed by atoms with Crippen LogP contribution < -0.4 is 16.0 Å². The molecule has 0 radical (unpaired) electrons. The van der Waals surface area contributed by atoms with Crippen molar-refractivity contribution in [1.82, 2.24) is 16.0 Å². The second-order valence-corrected chi connectivity index (χ2v) is 8.61. The summed E-state index contributed by atoms with van der Waals surface area (Å²) < 4.78 is 22.5. The minimum atomic E-state index is -2.97. The first kappa shape index (κ1) is 22.0. The average molecular weight is 383 g/mol. The molecular formula is C18H30N4O3S. The van der Waals surface area contributed by atoms with Crippen molar-refractivity contribution in [2.45, 2.75) is 39.3 Å². The standard InChI is InChI=1S/C18H30N4O3S/c1-5-10-20-17(23)16-8-6-7-15(12-16)13-21-18(19-3)22-14(2)9-11-26(4,24)25/h6-8,12,14H,5,9-11,13H2,1-4H3,(H,20,23)(H2,19,21,22). The lowest BCUT2D eigenvalue weighted by atomic mass is 10.1. The highest BCUT2D eigenvalue weighted by Crippen LogP contribution is 2.05. The molecule has 146 valence electrons. The van der Waals surface area contributed by atoms with Gasteiger partial charge in [0.15, 0.2) is 5.96 Å². The largest absolute Gasteiger partial charge is 0.354 e. The first-order chi connectivity index (χ1) is 12.2. The predicted molar refractivity (Wildman–Crippen MR) is 106 cm³/mol. The number of hydrogen-bond acceptors (Lipinski definition) is 4. The van der Waals surface area contributed by atoms with E-state index in [0.29, 0.717) is 31.0 Å². The second-order valence-electron chi connectivity index (χ2n) is 6.35. The normalized spacial score (nSPS) is 13.2. The summed E-state index contributed by atoms with van der Waals surface area (Å²) in [4.78, 5) is 16.2. The molecule has 1 aromatic rings. The Bertz CT molecular complexity index is 717. The lowest BCUT2D eigenvalue weighted by molar-refractivity contribution is 0.0953. The van der Waals surface area contributed by atoms with Crippen LogP contribution in [0.3, 0.4) is 0 Å². The van der Waals surface area contributed by atoms with Crippen LogP contribution >= 0.6 is 0 Å². The Morgan fingerprint density at radius 2 is 2.00 bits per heavy atom. The van der Waals surface area contributed by atoms with Gasteiger partial charge in [-0.1, -0.05) is 19.1 Å². The van der Waals surface area contributed by atoms with E-state index >= 15 is 0 Å².